The molecule has 3 rings (SSSR count). The molecule has 1 N–H and O–H groups in total. The van der Waals surface area contributed by atoms with Crippen molar-refractivity contribution in [3.8, 4) is 11.5 Å². The number of amides is 2. The molecular weight excluding hydrogens is 448 g/mol. The van der Waals surface area contributed by atoms with Crippen molar-refractivity contribution in [1.82, 2.24) is 10.2 Å². The number of hydrogen-bond donors (Lipinski definition) is 1. The molecular formula is C23H27BrN2O4. The van der Waals surface area contributed by atoms with Gasteiger partial charge in [-0.3, -0.25) is 9.59 Å². The summed E-state index contributed by atoms with van der Waals surface area (Å²) in [5, 5.41) is 2.89. The normalized spacial score (nSPS) is 13.0. The van der Waals surface area contributed by atoms with Crippen LogP contribution in [0.1, 0.15) is 37.8 Å². The van der Waals surface area contributed by atoms with Crippen LogP contribution in [0, 0.1) is 0 Å². The zero-order valence-corrected chi connectivity index (χ0v) is 18.9. The second-order valence-electron chi connectivity index (χ2n) is 7.31. The number of aryl methyl sites for hydroxylation is 1. The number of benzene rings is 2. The van der Waals surface area contributed by atoms with Gasteiger partial charge in [0.15, 0.2) is 11.5 Å². The van der Waals surface area contributed by atoms with Crippen molar-refractivity contribution in [3.05, 3.63) is 58.1 Å². The predicted molar refractivity (Wildman–Crippen MR) is 118 cm³/mol. The van der Waals surface area contributed by atoms with Gasteiger partial charge in [0.1, 0.15) is 6.04 Å². The molecule has 1 aliphatic rings. The van der Waals surface area contributed by atoms with Gasteiger partial charge in [-0.05, 0) is 55.2 Å². The van der Waals surface area contributed by atoms with Gasteiger partial charge in [0, 0.05) is 24.0 Å². The lowest BCUT2D eigenvalue weighted by atomic mass is 10.1. The molecule has 0 unspecified atom stereocenters. The van der Waals surface area contributed by atoms with Crippen molar-refractivity contribution in [2.45, 2.75) is 45.7 Å². The van der Waals surface area contributed by atoms with Gasteiger partial charge in [0.05, 0.1) is 0 Å². The number of nitrogens with one attached hydrogen (secondary N) is 1. The summed E-state index contributed by atoms with van der Waals surface area (Å²) >= 11 is 3.47. The first-order valence-electron chi connectivity index (χ1n) is 10.2. The van der Waals surface area contributed by atoms with E-state index in [1.165, 1.54) is 0 Å². The highest BCUT2D eigenvalue weighted by Gasteiger charge is 2.26. The molecule has 2 aromatic rings. The number of fused-ring (bicyclic) bond motifs is 1. The molecule has 0 bridgehead atoms. The molecule has 0 fully saturated rings. The van der Waals surface area contributed by atoms with Crippen LogP contribution in [0.25, 0.3) is 0 Å². The molecule has 6 nitrogen and oxygen atoms in total. The van der Waals surface area contributed by atoms with E-state index in [1.54, 1.807) is 11.8 Å². The van der Waals surface area contributed by atoms with Crippen molar-refractivity contribution in [2.75, 3.05) is 13.3 Å². The number of ether oxygens (including phenoxy) is 2. The van der Waals surface area contributed by atoms with E-state index in [-0.39, 0.29) is 18.6 Å². The van der Waals surface area contributed by atoms with Crippen LogP contribution in [0.15, 0.2) is 46.9 Å². The zero-order chi connectivity index (χ0) is 21.5. The van der Waals surface area contributed by atoms with E-state index < -0.39 is 6.04 Å². The van der Waals surface area contributed by atoms with E-state index in [4.69, 9.17) is 9.47 Å². The van der Waals surface area contributed by atoms with Crippen molar-refractivity contribution in [2.24, 2.45) is 0 Å². The first kappa shape index (κ1) is 22.2. The Hall–Kier alpha value is -2.54. The van der Waals surface area contributed by atoms with E-state index in [1.807, 2.05) is 49.4 Å². The second kappa shape index (κ2) is 10.5. The molecule has 160 valence electrons. The summed E-state index contributed by atoms with van der Waals surface area (Å²) in [7, 11) is 0. The molecule has 2 amide bonds. The maximum atomic E-state index is 13.1. The van der Waals surface area contributed by atoms with Crippen molar-refractivity contribution in [3.63, 3.8) is 0 Å². The van der Waals surface area contributed by atoms with Gasteiger partial charge in [-0.15, -0.1) is 0 Å². The fraction of sp³-hybridized carbons (Fsp3) is 0.391. The minimum absolute atomic E-state index is 0.0632. The number of carbonyl (C=O) groups is 2. The third-order valence-corrected chi connectivity index (χ3v) is 5.52. The molecule has 0 aliphatic carbocycles. The highest BCUT2D eigenvalue weighted by atomic mass is 79.9. The quantitative estimate of drug-likeness (QED) is 0.594. The first-order chi connectivity index (χ1) is 14.5. The summed E-state index contributed by atoms with van der Waals surface area (Å²) < 4.78 is 11.7. The number of halogens is 1. The average molecular weight is 475 g/mol. The van der Waals surface area contributed by atoms with Gasteiger partial charge in [-0.25, -0.2) is 0 Å². The van der Waals surface area contributed by atoms with E-state index in [9.17, 15) is 9.59 Å². The van der Waals surface area contributed by atoms with Crippen molar-refractivity contribution < 1.29 is 19.1 Å². The molecule has 1 aliphatic heterocycles. The van der Waals surface area contributed by atoms with Crippen LogP contribution in [0.3, 0.4) is 0 Å². The fourth-order valence-corrected chi connectivity index (χ4v) is 3.75. The van der Waals surface area contributed by atoms with Crippen LogP contribution >= 0.6 is 15.9 Å². The van der Waals surface area contributed by atoms with E-state index in [0.29, 0.717) is 31.7 Å². The van der Waals surface area contributed by atoms with E-state index in [2.05, 4.69) is 21.2 Å². The highest BCUT2D eigenvalue weighted by Crippen LogP contribution is 2.32. The summed E-state index contributed by atoms with van der Waals surface area (Å²) in [6.07, 6.45) is 1.72. The minimum atomic E-state index is -0.556. The molecule has 0 spiro atoms. The Labute approximate surface area is 185 Å². The maximum Gasteiger partial charge on any atom is 0.242 e. The number of hydrogen-bond acceptors (Lipinski definition) is 4. The number of nitrogens with zero attached hydrogens (tertiary/aromatic N) is 1. The predicted octanol–water partition coefficient (Wildman–Crippen LogP) is 4.05. The molecule has 30 heavy (non-hydrogen) atoms. The van der Waals surface area contributed by atoms with Crippen LogP contribution in [-0.2, 0) is 22.6 Å². The molecule has 0 saturated heterocycles. The smallest absolute Gasteiger partial charge is 0.242 e. The number of carbonyl (C=O) groups excluding carboxylic acids is 2. The molecule has 0 aromatic heterocycles. The van der Waals surface area contributed by atoms with Gasteiger partial charge >= 0.3 is 0 Å². The SMILES string of the molecule is CCCNC(=O)[C@H](C)N(Cc1cccc(Br)c1)C(=O)CCc1ccc2c(c1)OCO2. The Morgan fingerprint density at radius 3 is 2.70 bits per heavy atom. The average Bonchev–Trinajstić information content (AvgIpc) is 3.21. The van der Waals surface area contributed by atoms with Gasteiger partial charge in [-0.1, -0.05) is 41.1 Å². The zero-order valence-electron chi connectivity index (χ0n) is 17.3. The fourth-order valence-electron chi connectivity index (χ4n) is 3.30. The summed E-state index contributed by atoms with van der Waals surface area (Å²) in [4.78, 5) is 27.4. The molecule has 0 radical (unpaired) electrons. The van der Waals surface area contributed by atoms with Crippen LogP contribution in [0.5, 0.6) is 11.5 Å². The molecule has 7 heteroatoms. The van der Waals surface area contributed by atoms with Gasteiger partial charge in [0.2, 0.25) is 18.6 Å². The van der Waals surface area contributed by atoms with E-state index >= 15 is 0 Å². The van der Waals surface area contributed by atoms with Crippen molar-refractivity contribution in [1.29, 1.82) is 0 Å². The second-order valence-corrected chi connectivity index (χ2v) is 8.22. The molecule has 0 saturated carbocycles. The summed E-state index contributed by atoms with van der Waals surface area (Å²) in [5.74, 6) is 1.23. The lowest BCUT2D eigenvalue weighted by Crippen LogP contribution is -2.47. The summed E-state index contributed by atoms with van der Waals surface area (Å²) in [5.41, 5.74) is 1.97. The minimum Gasteiger partial charge on any atom is -0.454 e. The summed E-state index contributed by atoms with van der Waals surface area (Å²) in [6, 6.07) is 12.9. The topological polar surface area (TPSA) is 67.9 Å². The largest absolute Gasteiger partial charge is 0.454 e. The van der Waals surface area contributed by atoms with Crippen LogP contribution in [0.2, 0.25) is 0 Å². The number of rotatable bonds is 9. The Morgan fingerprint density at radius 2 is 1.93 bits per heavy atom. The van der Waals surface area contributed by atoms with Gasteiger partial charge < -0.3 is 19.7 Å². The maximum absolute atomic E-state index is 13.1. The Kier molecular flexibility index (Phi) is 7.74. The first-order valence-corrected chi connectivity index (χ1v) is 11.0. The standard InChI is InChI=1S/C23H27BrN2O4/c1-3-11-25-23(28)16(2)26(14-18-5-4-6-19(24)12-18)22(27)10-8-17-7-9-20-21(13-17)30-15-29-20/h4-7,9,12-13,16H,3,8,10-11,14-15H2,1-2H3,(H,25,28)/t16-/m0/s1. The third kappa shape index (κ3) is 5.75. The Bertz CT molecular complexity index is 903. The molecule has 1 heterocycles. The summed E-state index contributed by atoms with van der Waals surface area (Å²) in [6.45, 7) is 4.98. The van der Waals surface area contributed by atoms with Gasteiger partial charge in [-0.2, -0.15) is 0 Å². The highest BCUT2D eigenvalue weighted by molar-refractivity contribution is 9.10. The molecule has 2 aromatic carbocycles. The van der Waals surface area contributed by atoms with Crippen LogP contribution in [0.4, 0.5) is 0 Å². The van der Waals surface area contributed by atoms with Gasteiger partial charge in [0.25, 0.3) is 0 Å². The van der Waals surface area contributed by atoms with Crippen LogP contribution in [-0.4, -0.2) is 36.1 Å². The lowest BCUT2D eigenvalue weighted by Gasteiger charge is -2.29. The Balaban J connectivity index is 1.70. The van der Waals surface area contributed by atoms with E-state index in [0.717, 1.165) is 27.8 Å². The third-order valence-electron chi connectivity index (χ3n) is 5.02. The lowest BCUT2D eigenvalue weighted by molar-refractivity contribution is -0.140. The van der Waals surface area contributed by atoms with Crippen LogP contribution < -0.4 is 14.8 Å². The molecule has 1 atom stereocenters. The monoisotopic (exact) mass is 474 g/mol. The Morgan fingerprint density at radius 1 is 1.13 bits per heavy atom. The van der Waals surface area contributed by atoms with Crippen molar-refractivity contribution >= 4 is 27.7 Å².